The fourth-order valence-corrected chi connectivity index (χ4v) is 4.47. The molecule has 0 aliphatic carbocycles. The molecule has 0 amide bonds. The molecule has 0 saturated heterocycles. The summed E-state index contributed by atoms with van der Waals surface area (Å²) >= 11 is 0. The maximum atomic E-state index is 10.6. The lowest BCUT2D eigenvalue weighted by Crippen LogP contribution is -2.16. The van der Waals surface area contributed by atoms with Crippen LogP contribution in [0.1, 0.15) is 33.4 Å². The van der Waals surface area contributed by atoms with Crippen LogP contribution in [0, 0.1) is 41.5 Å². The zero-order valence-corrected chi connectivity index (χ0v) is 21.0. The Labute approximate surface area is 206 Å². The molecule has 3 N–H and O–H groups in total. The van der Waals surface area contributed by atoms with Crippen molar-refractivity contribution in [2.24, 2.45) is 0 Å². The van der Waals surface area contributed by atoms with Gasteiger partial charge in [-0.15, -0.1) is 0 Å². The largest absolute Gasteiger partial charge is 0.508 e. The van der Waals surface area contributed by atoms with Gasteiger partial charge >= 0.3 is 0 Å². The van der Waals surface area contributed by atoms with Gasteiger partial charge in [-0.3, -0.25) is 0 Å². The predicted molar refractivity (Wildman–Crippen MR) is 141 cm³/mol. The molecule has 0 spiro atoms. The molecule has 5 nitrogen and oxygen atoms in total. The molecule has 0 atom stereocenters. The number of aryl methyl sites for hydroxylation is 4. The zero-order chi connectivity index (χ0) is 25.4. The fraction of sp³-hybridized carbons (Fsp3) is 0.200. The lowest BCUT2D eigenvalue weighted by Gasteiger charge is -2.32. The van der Waals surface area contributed by atoms with Gasteiger partial charge < -0.3 is 25.0 Å². The molecule has 5 heteroatoms. The van der Waals surface area contributed by atoms with Crippen LogP contribution in [0.25, 0.3) is 0 Å². The van der Waals surface area contributed by atoms with Crippen molar-refractivity contribution in [3.63, 3.8) is 0 Å². The first-order valence-electron chi connectivity index (χ1n) is 11.6. The first-order chi connectivity index (χ1) is 16.6. The van der Waals surface area contributed by atoms with Gasteiger partial charge in [-0.25, -0.2) is 0 Å². The van der Waals surface area contributed by atoms with Crippen molar-refractivity contribution in [1.82, 2.24) is 0 Å². The van der Waals surface area contributed by atoms with Crippen LogP contribution in [-0.2, 0) is 0 Å². The molecule has 4 aromatic carbocycles. The number of aromatic hydroxyl groups is 3. The number of anilines is 3. The van der Waals surface area contributed by atoms with Crippen LogP contribution in [0.15, 0.2) is 60.7 Å². The number of benzene rings is 4. The van der Waals surface area contributed by atoms with Gasteiger partial charge in [0, 0.05) is 17.2 Å². The average Bonchev–Trinajstić information content (AvgIpc) is 2.82. The van der Waals surface area contributed by atoms with E-state index in [1.807, 2.05) is 88.9 Å². The topological polar surface area (TPSA) is 73.2 Å². The van der Waals surface area contributed by atoms with Crippen LogP contribution in [0.4, 0.5) is 17.1 Å². The smallest absolute Gasteiger partial charge is 0.151 e. The minimum Gasteiger partial charge on any atom is -0.508 e. The molecule has 0 aliphatic rings. The number of rotatable bonds is 5. The first kappa shape index (κ1) is 24.0. The quantitative estimate of drug-likeness (QED) is 0.277. The molecule has 0 bridgehead atoms. The second-order valence-electron chi connectivity index (χ2n) is 9.06. The summed E-state index contributed by atoms with van der Waals surface area (Å²) in [5.41, 5.74) is 7.38. The monoisotopic (exact) mass is 469 g/mol. The Morgan fingerprint density at radius 3 is 1.66 bits per heavy atom. The summed E-state index contributed by atoms with van der Waals surface area (Å²) < 4.78 is 6.39. The molecule has 0 unspecified atom stereocenters. The molecular weight excluding hydrogens is 438 g/mol. The van der Waals surface area contributed by atoms with Gasteiger partial charge in [0.25, 0.3) is 0 Å². The number of phenolic OH excluding ortho intramolecular Hbond substituents is 3. The van der Waals surface area contributed by atoms with E-state index in [0.717, 1.165) is 39.3 Å². The highest BCUT2D eigenvalue weighted by Gasteiger charge is 2.25. The Hall–Kier alpha value is -4.12. The normalized spacial score (nSPS) is 10.9. The van der Waals surface area contributed by atoms with Crippen molar-refractivity contribution in [3.05, 3.63) is 94.0 Å². The second-order valence-corrected chi connectivity index (χ2v) is 9.06. The van der Waals surface area contributed by atoms with E-state index in [-0.39, 0.29) is 17.2 Å². The van der Waals surface area contributed by atoms with Crippen LogP contribution in [-0.4, -0.2) is 15.3 Å². The standard InChI is InChI=1S/C30H31NO4/c1-17-11-13-24(32)21(5)29(17)31(30-18(2)12-14-25(33)22(30)6)23-9-7-8-10-27(23)35-28-16-26(34)19(3)15-20(28)4/h7-16,32-34H,1-6H3. The van der Waals surface area contributed by atoms with Gasteiger partial charge in [0.2, 0.25) is 0 Å². The first-order valence-corrected chi connectivity index (χ1v) is 11.6. The molecule has 0 radical (unpaired) electrons. The summed E-state index contributed by atoms with van der Waals surface area (Å²) in [6.45, 7) is 11.5. The van der Waals surface area contributed by atoms with E-state index in [0.29, 0.717) is 22.6 Å². The average molecular weight is 470 g/mol. The van der Waals surface area contributed by atoms with Crippen molar-refractivity contribution in [3.8, 4) is 28.7 Å². The number of hydrogen-bond donors (Lipinski definition) is 3. The van der Waals surface area contributed by atoms with Crippen LogP contribution in [0.5, 0.6) is 28.7 Å². The lowest BCUT2D eigenvalue weighted by atomic mass is 10.0. The third-order valence-corrected chi connectivity index (χ3v) is 6.48. The summed E-state index contributed by atoms with van der Waals surface area (Å²) in [5.74, 6) is 1.66. The highest BCUT2D eigenvalue weighted by molar-refractivity contribution is 5.87. The van der Waals surface area contributed by atoms with Crippen LogP contribution >= 0.6 is 0 Å². The minimum atomic E-state index is 0.166. The Bertz CT molecular complexity index is 1370. The predicted octanol–water partition coefficient (Wildman–Crippen LogP) is 7.92. The molecule has 4 aromatic rings. The zero-order valence-electron chi connectivity index (χ0n) is 21.0. The van der Waals surface area contributed by atoms with E-state index in [1.165, 1.54) is 0 Å². The molecule has 0 heterocycles. The van der Waals surface area contributed by atoms with Gasteiger partial charge in [-0.05, 0) is 94.1 Å². The van der Waals surface area contributed by atoms with E-state index in [4.69, 9.17) is 4.74 Å². The maximum Gasteiger partial charge on any atom is 0.151 e. The Morgan fingerprint density at radius 2 is 1.09 bits per heavy atom. The molecule has 4 rings (SSSR count). The molecule has 0 fully saturated rings. The molecule has 0 saturated carbocycles. The van der Waals surface area contributed by atoms with E-state index in [9.17, 15) is 15.3 Å². The summed E-state index contributed by atoms with van der Waals surface area (Å²) in [6, 6.07) is 18.3. The van der Waals surface area contributed by atoms with E-state index >= 15 is 0 Å². The van der Waals surface area contributed by atoms with Crippen molar-refractivity contribution in [2.45, 2.75) is 41.5 Å². The summed E-state index contributed by atoms with van der Waals surface area (Å²) in [5, 5.41) is 31.5. The van der Waals surface area contributed by atoms with Gasteiger partial charge in [-0.2, -0.15) is 0 Å². The summed E-state index contributed by atoms with van der Waals surface area (Å²) in [6.07, 6.45) is 0. The third kappa shape index (κ3) is 4.37. The molecular formula is C30H31NO4. The third-order valence-electron chi connectivity index (χ3n) is 6.48. The highest BCUT2D eigenvalue weighted by atomic mass is 16.5. The summed E-state index contributed by atoms with van der Waals surface area (Å²) in [4.78, 5) is 2.04. The SMILES string of the molecule is Cc1cc(C)c(Oc2ccccc2N(c2c(C)ccc(O)c2C)c2c(C)ccc(O)c2C)cc1O. The number of nitrogens with zero attached hydrogens (tertiary/aromatic N) is 1. The fourth-order valence-electron chi connectivity index (χ4n) is 4.47. The van der Waals surface area contributed by atoms with Gasteiger partial charge in [0.1, 0.15) is 23.0 Å². The molecule has 0 aromatic heterocycles. The number of phenols is 3. The van der Waals surface area contributed by atoms with Gasteiger partial charge in [0.05, 0.1) is 17.1 Å². The number of ether oxygens (including phenoxy) is 1. The van der Waals surface area contributed by atoms with Crippen molar-refractivity contribution in [2.75, 3.05) is 4.90 Å². The minimum absolute atomic E-state index is 0.166. The molecule has 180 valence electrons. The van der Waals surface area contributed by atoms with Crippen LogP contribution in [0.3, 0.4) is 0 Å². The van der Waals surface area contributed by atoms with Crippen LogP contribution in [0.2, 0.25) is 0 Å². The Morgan fingerprint density at radius 1 is 0.543 bits per heavy atom. The Balaban J connectivity index is 2.01. The number of hydrogen-bond acceptors (Lipinski definition) is 5. The van der Waals surface area contributed by atoms with E-state index in [1.54, 1.807) is 18.2 Å². The summed E-state index contributed by atoms with van der Waals surface area (Å²) in [7, 11) is 0. The lowest BCUT2D eigenvalue weighted by molar-refractivity contribution is 0.450. The highest BCUT2D eigenvalue weighted by Crippen LogP contribution is 2.49. The number of para-hydroxylation sites is 2. The molecule has 35 heavy (non-hydrogen) atoms. The van der Waals surface area contributed by atoms with Gasteiger partial charge in [-0.1, -0.05) is 24.3 Å². The van der Waals surface area contributed by atoms with Crippen molar-refractivity contribution >= 4 is 17.1 Å². The van der Waals surface area contributed by atoms with E-state index < -0.39 is 0 Å². The second kappa shape index (κ2) is 9.26. The van der Waals surface area contributed by atoms with Crippen molar-refractivity contribution in [1.29, 1.82) is 0 Å². The Kier molecular flexibility index (Phi) is 6.35. The van der Waals surface area contributed by atoms with E-state index in [2.05, 4.69) is 0 Å². The maximum absolute atomic E-state index is 10.6. The van der Waals surface area contributed by atoms with Crippen LogP contribution < -0.4 is 9.64 Å². The van der Waals surface area contributed by atoms with Gasteiger partial charge in [0.15, 0.2) is 5.75 Å². The van der Waals surface area contributed by atoms with Crippen molar-refractivity contribution < 1.29 is 20.1 Å². The molecule has 0 aliphatic heterocycles.